The molecule has 0 unspecified atom stereocenters. The molecule has 1 N–H and O–H groups in total. The number of aromatic nitrogens is 3. The van der Waals surface area contributed by atoms with Crippen LogP contribution in [0.3, 0.4) is 0 Å². The summed E-state index contributed by atoms with van der Waals surface area (Å²) in [6.45, 7) is 6.72. The lowest BCUT2D eigenvalue weighted by molar-refractivity contribution is 0.0943. The Balaban J connectivity index is 1.74. The molecule has 0 spiro atoms. The third kappa shape index (κ3) is 4.56. The number of nitrogens with one attached hydrogen (secondary N) is 1. The molecule has 0 aliphatic heterocycles. The molecule has 0 fully saturated rings. The van der Waals surface area contributed by atoms with Gasteiger partial charge in [-0.05, 0) is 63.9 Å². The first-order valence-corrected chi connectivity index (χ1v) is 10.1. The van der Waals surface area contributed by atoms with E-state index in [2.05, 4.69) is 41.2 Å². The van der Waals surface area contributed by atoms with Crippen molar-refractivity contribution in [2.24, 2.45) is 0 Å². The highest BCUT2D eigenvalue weighted by molar-refractivity contribution is 5.94. The molecule has 1 aliphatic carbocycles. The molecule has 2 heterocycles. The minimum absolute atomic E-state index is 0.0767. The average molecular weight is 370 g/mol. The first-order chi connectivity index (χ1) is 13.1. The summed E-state index contributed by atoms with van der Waals surface area (Å²) in [5.41, 5.74) is 4.03. The summed E-state index contributed by atoms with van der Waals surface area (Å²) in [5.74, 6) is -0.0767. The van der Waals surface area contributed by atoms with E-state index in [4.69, 9.17) is 0 Å². The molecule has 6 heteroatoms. The highest BCUT2D eigenvalue weighted by Crippen LogP contribution is 2.27. The topological polar surface area (TPSA) is 63.1 Å². The van der Waals surface area contributed by atoms with Gasteiger partial charge < -0.3 is 10.2 Å². The number of nitrogens with zero attached hydrogens (tertiary/aromatic N) is 4. The Morgan fingerprint density at radius 2 is 2.11 bits per heavy atom. The fraction of sp³-hybridized carbons (Fsp3) is 0.571. The van der Waals surface area contributed by atoms with Gasteiger partial charge in [-0.25, -0.2) is 0 Å². The summed E-state index contributed by atoms with van der Waals surface area (Å²) in [6, 6.07) is 4.32. The van der Waals surface area contributed by atoms with Crippen molar-refractivity contribution in [2.75, 3.05) is 13.6 Å². The van der Waals surface area contributed by atoms with Gasteiger partial charge >= 0.3 is 0 Å². The molecule has 1 aliphatic rings. The van der Waals surface area contributed by atoms with Crippen LogP contribution in [0.15, 0.2) is 24.5 Å². The summed E-state index contributed by atoms with van der Waals surface area (Å²) < 4.78 is 2.01. The third-order valence-corrected chi connectivity index (χ3v) is 5.53. The van der Waals surface area contributed by atoms with E-state index >= 15 is 0 Å². The Kier molecular flexibility index (Phi) is 6.61. The average Bonchev–Trinajstić information content (AvgIpc) is 3.09. The molecule has 6 nitrogen and oxygen atoms in total. The number of aryl methyl sites for hydroxylation is 1. The van der Waals surface area contributed by atoms with Crippen molar-refractivity contribution in [3.05, 3.63) is 47.0 Å². The Labute approximate surface area is 162 Å². The van der Waals surface area contributed by atoms with E-state index in [9.17, 15) is 4.79 Å². The van der Waals surface area contributed by atoms with Gasteiger partial charge in [0.25, 0.3) is 5.91 Å². The number of likely N-dealkylation sites (N-methyl/N-ethyl adjacent to an activating group) is 1. The molecule has 0 aromatic carbocycles. The lowest BCUT2D eigenvalue weighted by Gasteiger charge is -2.31. The van der Waals surface area contributed by atoms with Crippen molar-refractivity contribution >= 4 is 5.91 Å². The summed E-state index contributed by atoms with van der Waals surface area (Å²) >= 11 is 0. The molecule has 146 valence electrons. The van der Waals surface area contributed by atoms with Crippen molar-refractivity contribution in [1.29, 1.82) is 0 Å². The number of fused-ring (bicyclic) bond motifs is 1. The number of unbranched alkanes of at least 4 members (excludes halogenated alkanes) is 1. The summed E-state index contributed by atoms with van der Waals surface area (Å²) in [4.78, 5) is 19.3. The van der Waals surface area contributed by atoms with E-state index in [0.29, 0.717) is 18.3 Å². The summed E-state index contributed by atoms with van der Waals surface area (Å²) in [6.07, 6.45) is 8.95. The monoisotopic (exact) mass is 369 g/mol. The molecule has 2 aromatic rings. The van der Waals surface area contributed by atoms with Crippen LogP contribution in [0.2, 0.25) is 0 Å². The van der Waals surface area contributed by atoms with Gasteiger partial charge in [0, 0.05) is 42.8 Å². The zero-order chi connectivity index (χ0) is 19.2. The second-order valence-electron chi connectivity index (χ2n) is 7.36. The van der Waals surface area contributed by atoms with E-state index in [1.807, 2.05) is 16.8 Å². The van der Waals surface area contributed by atoms with Crippen molar-refractivity contribution in [1.82, 2.24) is 25.0 Å². The van der Waals surface area contributed by atoms with Gasteiger partial charge in [0.05, 0.1) is 0 Å². The van der Waals surface area contributed by atoms with Crippen LogP contribution in [0.5, 0.6) is 0 Å². The van der Waals surface area contributed by atoms with Crippen molar-refractivity contribution in [2.45, 2.75) is 65.1 Å². The van der Waals surface area contributed by atoms with Gasteiger partial charge in [-0.1, -0.05) is 13.3 Å². The van der Waals surface area contributed by atoms with E-state index < -0.39 is 0 Å². The Morgan fingerprint density at radius 1 is 1.33 bits per heavy atom. The maximum Gasteiger partial charge on any atom is 0.272 e. The summed E-state index contributed by atoms with van der Waals surface area (Å²) in [7, 11) is 2.21. The minimum atomic E-state index is -0.0767. The lowest BCUT2D eigenvalue weighted by Crippen LogP contribution is -2.38. The third-order valence-electron chi connectivity index (χ3n) is 5.53. The highest BCUT2D eigenvalue weighted by Gasteiger charge is 2.30. The largest absolute Gasteiger partial charge is 0.347 e. The molecule has 27 heavy (non-hydrogen) atoms. The molecular formula is C21H31N5O. The van der Waals surface area contributed by atoms with Crippen molar-refractivity contribution < 1.29 is 4.79 Å². The van der Waals surface area contributed by atoms with Crippen molar-refractivity contribution in [3.63, 3.8) is 0 Å². The van der Waals surface area contributed by atoms with E-state index in [0.717, 1.165) is 43.5 Å². The zero-order valence-corrected chi connectivity index (χ0v) is 16.7. The number of carbonyl (C=O) groups is 1. The second kappa shape index (κ2) is 9.13. The van der Waals surface area contributed by atoms with Crippen LogP contribution in [0, 0.1) is 0 Å². The van der Waals surface area contributed by atoms with E-state index in [1.165, 1.54) is 18.5 Å². The smallest absolute Gasteiger partial charge is 0.272 e. The van der Waals surface area contributed by atoms with Crippen molar-refractivity contribution in [3.8, 4) is 0 Å². The second-order valence-corrected chi connectivity index (χ2v) is 7.36. The molecule has 0 bridgehead atoms. The SMILES string of the molecule is CCCCN(C)[C@@H]1CCc2c(c(C(=O)NCc3ccncc3)nn2CC)C1. The maximum absolute atomic E-state index is 12.9. The standard InChI is InChI=1S/C21H31N5O/c1-4-6-13-25(3)17-7-8-19-18(14-17)20(24-26(19)5-2)21(27)23-15-16-9-11-22-12-10-16/h9-12,17H,4-8,13-15H2,1-3H3,(H,23,27)/t17-/m1/s1. The van der Waals surface area contributed by atoms with E-state index in [1.54, 1.807) is 12.4 Å². The van der Waals surface area contributed by atoms with Crippen LogP contribution in [0.4, 0.5) is 0 Å². The van der Waals surface area contributed by atoms with Crippen LogP contribution in [0.1, 0.15) is 60.4 Å². The fourth-order valence-electron chi connectivity index (χ4n) is 3.85. The van der Waals surface area contributed by atoms with Crippen LogP contribution in [0.25, 0.3) is 0 Å². The van der Waals surface area contributed by atoms with Gasteiger partial charge in [-0.3, -0.25) is 14.5 Å². The highest BCUT2D eigenvalue weighted by atomic mass is 16.1. The van der Waals surface area contributed by atoms with Crippen LogP contribution < -0.4 is 5.32 Å². The number of rotatable bonds is 8. The predicted molar refractivity (Wildman–Crippen MR) is 107 cm³/mol. The fourth-order valence-corrected chi connectivity index (χ4v) is 3.85. The van der Waals surface area contributed by atoms with Gasteiger partial charge in [-0.15, -0.1) is 0 Å². The van der Waals surface area contributed by atoms with Gasteiger partial charge in [-0.2, -0.15) is 5.10 Å². The van der Waals surface area contributed by atoms with Crippen LogP contribution >= 0.6 is 0 Å². The van der Waals surface area contributed by atoms with E-state index in [-0.39, 0.29) is 5.91 Å². The lowest BCUT2D eigenvalue weighted by atomic mass is 9.90. The van der Waals surface area contributed by atoms with Crippen LogP contribution in [-0.2, 0) is 25.9 Å². The molecule has 0 saturated carbocycles. The maximum atomic E-state index is 12.9. The Hall–Kier alpha value is -2.21. The zero-order valence-electron chi connectivity index (χ0n) is 16.7. The Bertz CT molecular complexity index is 755. The number of hydrogen-bond donors (Lipinski definition) is 1. The number of amides is 1. The predicted octanol–water partition coefficient (Wildman–Crippen LogP) is 2.82. The van der Waals surface area contributed by atoms with Gasteiger partial charge in [0.2, 0.25) is 0 Å². The van der Waals surface area contributed by atoms with Crippen LogP contribution in [-0.4, -0.2) is 45.2 Å². The number of hydrogen-bond acceptors (Lipinski definition) is 4. The molecule has 1 amide bonds. The number of pyridine rings is 1. The molecule has 1 atom stereocenters. The molecule has 0 radical (unpaired) electrons. The minimum Gasteiger partial charge on any atom is -0.347 e. The first kappa shape index (κ1) is 19.5. The molecule has 2 aromatic heterocycles. The normalized spacial score (nSPS) is 16.4. The molecular weight excluding hydrogens is 338 g/mol. The van der Waals surface area contributed by atoms with Gasteiger partial charge in [0.1, 0.15) is 0 Å². The van der Waals surface area contributed by atoms with Gasteiger partial charge in [0.15, 0.2) is 5.69 Å². The first-order valence-electron chi connectivity index (χ1n) is 10.1. The molecule has 3 rings (SSSR count). The number of carbonyl (C=O) groups excluding carboxylic acids is 1. The summed E-state index contributed by atoms with van der Waals surface area (Å²) in [5, 5.41) is 7.68. The molecule has 0 saturated heterocycles. The Morgan fingerprint density at radius 3 is 2.81 bits per heavy atom. The quantitative estimate of drug-likeness (QED) is 0.777.